The van der Waals surface area contributed by atoms with E-state index in [4.69, 9.17) is 9.47 Å². The number of benzene rings is 2. The maximum Gasteiger partial charge on any atom is 0.254 e. The van der Waals surface area contributed by atoms with Gasteiger partial charge in [0.15, 0.2) is 11.5 Å². The first-order valence-electron chi connectivity index (χ1n) is 11.3. The van der Waals surface area contributed by atoms with Crippen molar-refractivity contribution in [2.45, 2.75) is 43.0 Å². The van der Waals surface area contributed by atoms with Crippen LogP contribution >= 0.6 is 0 Å². The van der Waals surface area contributed by atoms with Crippen molar-refractivity contribution < 1.29 is 22.7 Å². The average Bonchev–Trinajstić information content (AvgIpc) is 3.48. The van der Waals surface area contributed by atoms with Crippen LogP contribution in [-0.4, -0.2) is 56.4 Å². The van der Waals surface area contributed by atoms with Crippen LogP contribution < -0.4 is 9.47 Å². The molecule has 8 heteroatoms. The van der Waals surface area contributed by atoms with Crippen molar-refractivity contribution in [3.63, 3.8) is 0 Å². The fraction of sp³-hybridized carbons (Fsp3) is 0.458. The lowest BCUT2D eigenvalue weighted by Crippen LogP contribution is -2.31. The largest absolute Gasteiger partial charge is 0.490 e. The molecule has 0 N–H and O–H groups in total. The highest BCUT2D eigenvalue weighted by Gasteiger charge is 2.33. The lowest BCUT2D eigenvalue weighted by molar-refractivity contribution is 0.0735. The van der Waals surface area contributed by atoms with E-state index in [9.17, 15) is 13.2 Å². The molecule has 0 radical (unpaired) electrons. The van der Waals surface area contributed by atoms with Gasteiger partial charge in [0.25, 0.3) is 5.91 Å². The molecular weight excluding hydrogens is 428 g/mol. The predicted molar refractivity (Wildman–Crippen MR) is 119 cm³/mol. The van der Waals surface area contributed by atoms with Crippen LogP contribution in [0.2, 0.25) is 0 Å². The van der Waals surface area contributed by atoms with E-state index < -0.39 is 10.0 Å². The third kappa shape index (κ3) is 3.97. The molecule has 32 heavy (non-hydrogen) atoms. The quantitative estimate of drug-likeness (QED) is 0.703. The Morgan fingerprint density at radius 3 is 2.47 bits per heavy atom. The molecule has 0 aliphatic carbocycles. The smallest absolute Gasteiger partial charge is 0.254 e. The molecule has 1 atom stereocenters. The normalized spacial score (nSPS) is 21.5. The van der Waals surface area contributed by atoms with Crippen LogP contribution in [-0.2, 0) is 10.0 Å². The molecule has 170 valence electrons. The molecule has 1 amide bonds. The van der Waals surface area contributed by atoms with Crippen LogP contribution in [0.3, 0.4) is 0 Å². The standard InChI is InChI=1S/C24H28N2O5S/c27-24(19-6-3-7-20(16-19)32(28,29)25-11-1-2-12-25)26-13-4-8-21(26)18-9-10-22-23(17-18)31-15-5-14-30-22/h3,6-7,9-10,16-17,21H,1-2,4-5,8,11-15H2/t21-/m0/s1. The molecule has 3 aliphatic heterocycles. The van der Waals surface area contributed by atoms with Gasteiger partial charge in [-0.25, -0.2) is 8.42 Å². The fourth-order valence-electron chi connectivity index (χ4n) is 4.78. The van der Waals surface area contributed by atoms with Crippen LogP contribution in [0.5, 0.6) is 11.5 Å². The summed E-state index contributed by atoms with van der Waals surface area (Å²) in [6.45, 7) is 2.97. The number of hydrogen-bond acceptors (Lipinski definition) is 5. The van der Waals surface area contributed by atoms with E-state index in [1.165, 1.54) is 10.4 Å². The lowest BCUT2D eigenvalue weighted by atomic mass is 10.0. The van der Waals surface area contributed by atoms with Gasteiger partial charge in [0.2, 0.25) is 10.0 Å². The molecule has 0 aromatic heterocycles. The van der Waals surface area contributed by atoms with Crippen molar-refractivity contribution in [1.82, 2.24) is 9.21 Å². The van der Waals surface area contributed by atoms with E-state index in [1.807, 2.05) is 23.1 Å². The first-order valence-corrected chi connectivity index (χ1v) is 12.8. The van der Waals surface area contributed by atoms with Crippen molar-refractivity contribution in [3.05, 3.63) is 53.6 Å². The molecule has 0 spiro atoms. The second-order valence-electron chi connectivity index (χ2n) is 8.55. The molecule has 7 nitrogen and oxygen atoms in total. The van der Waals surface area contributed by atoms with Crippen molar-refractivity contribution in [2.75, 3.05) is 32.8 Å². The topological polar surface area (TPSA) is 76.2 Å². The van der Waals surface area contributed by atoms with Gasteiger partial charge < -0.3 is 14.4 Å². The summed E-state index contributed by atoms with van der Waals surface area (Å²) in [5, 5.41) is 0. The Morgan fingerprint density at radius 1 is 0.875 bits per heavy atom. The highest BCUT2D eigenvalue weighted by Crippen LogP contribution is 2.38. The molecular formula is C24H28N2O5S. The zero-order valence-electron chi connectivity index (χ0n) is 18.0. The molecule has 2 fully saturated rings. The number of hydrogen-bond donors (Lipinski definition) is 0. The minimum atomic E-state index is -3.57. The van der Waals surface area contributed by atoms with E-state index in [0.717, 1.165) is 49.2 Å². The molecule has 2 aromatic carbocycles. The van der Waals surface area contributed by atoms with E-state index in [2.05, 4.69) is 0 Å². The highest BCUT2D eigenvalue weighted by atomic mass is 32.2. The summed E-state index contributed by atoms with van der Waals surface area (Å²) in [5.41, 5.74) is 1.42. The van der Waals surface area contributed by atoms with Crippen LogP contribution in [0.15, 0.2) is 47.4 Å². The lowest BCUT2D eigenvalue weighted by Gasteiger charge is -2.26. The number of nitrogens with zero attached hydrogens (tertiary/aromatic N) is 2. The highest BCUT2D eigenvalue weighted by molar-refractivity contribution is 7.89. The first-order chi connectivity index (χ1) is 15.5. The van der Waals surface area contributed by atoms with Crippen molar-refractivity contribution in [3.8, 4) is 11.5 Å². The number of ether oxygens (including phenoxy) is 2. The summed E-state index contributed by atoms with van der Waals surface area (Å²) >= 11 is 0. The summed E-state index contributed by atoms with van der Waals surface area (Å²) in [4.78, 5) is 15.5. The first kappa shape index (κ1) is 21.3. The number of fused-ring (bicyclic) bond motifs is 1. The number of carbonyl (C=O) groups is 1. The van der Waals surface area contributed by atoms with Gasteiger partial charge in [-0.3, -0.25) is 4.79 Å². The van der Waals surface area contributed by atoms with E-state index in [0.29, 0.717) is 38.4 Å². The number of sulfonamides is 1. The van der Waals surface area contributed by atoms with Crippen LogP contribution in [0, 0.1) is 0 Å². The fourth-order valence-corrected chi connectivity index (χ4v) is 6.34. The van der Waals surface area contributed by atoms with Gasteiger partial charge in [-0.15, -0.1) is 0 Å². The number of rotatable bonds is 4. The zero-order valence-corrected chi connectivity index (χ0v) is 18.9. The minimum absolute atomic E-state index is 0.0708. The van der Waals surface area contributed by atoms with E-state index >= 15 is 0 Å². The van der Waals surface area contributed by atoms with Gasteiger partial charge in [-0.2, -0.15) is 4.31 Å². The van der Waals surface area contributed by atoms with E-state index in [1.54, 1.807) is 18.2 Å². The van der Waals surface area contributed by atoms with Crippen LogP contribution in [0.1, 0.15) is 54.1 Å². The summed E-state index contributed by atoms with van der Waals surface area (Å²) in [6, 6.07) is 12.3. The molecule has 5 rings (SSSR count). The maximum absolute atomic E-state index is 13.4. The van der Waals surface area contributed by atoms with Crippen LogP contribution in [0.4, 0.5) is 0 Å². The third-order valence-electron chi connectivity index (χ3n) is 6.45. The van der Waals surface area contributed by atoms with Crippen LogP contribution in [0.25, 0.3) is 0 Å². The van der Waals surface area contributed by atoms with Gasteiger partial charge >= 0.3 is 0 Å². The SMILES string of the molecule is O=C(c1cccc(S(=O)(=O)N2CCCC2)c1)N1CCC[C@H]1c1ccc2c(c1)OCCCO2. The molecule has 2 saturated heterocycles. The molecule has 3 aliphatic rings. The summed E-state index contributed by atoms with van der Waals surface area (Å²) in [6.07, 6.45) is 4.36. The third-order valence-corrected chi connectivity index (χ3v) is 8.35. The number of carbonyl (C=O) groups excluding carboxylic acids is 1. The van der Waals surface area contributed by atoms with Gasteiger partial charge in [0, 0.05) is 31.6 Å². The number of amides is 1. The van der Waals surface area contributed by atoms with E-state index in [-0.39, 0.29) is 16.8 Å². The van der Waals surface area contributed by atoms with Gasteiger partial charge in [-0.1, -0.05) is 12.1 Å². The van der Waals surface area contributed by atoms with Crippen molar-refractivity contribution in [1.29, 1.82) is 0 Å². The molecule has 0 saturated carbocycles. The Labute approximate surface area is 189 Å². The minimum Gasteiger partial charge on any atom is -0.490 e. The molecule has 2 aromatic rings. The number of likely N-dealkylation sites (tertiary alicyclic amines) is 1. The Bertz CT molecular complexity index is 1110. The Morgan fingerprint density at radius 2 is 1.66 bits per heavy atom. The summed E-state index contributed by atoms with van der Waals surface area (Å²) in [7, 11) is -3.57. The molecule has 3 heterocycles. The van der Waals surface area contributed by atoms with Gasteiger partial charge in [-0.05, 0) is 61.6 Å². The second kappa shape index (κ2) is 8.75. The zero-order chi connectivity index (χ0) is 22.1. The Hall–Kier alpha value is -2.58. The van der Waals surface area contributed by atoms with Gasteiger partial charge in [0.1, 0.15) is 0 Å². The average molecular weight is 457 g/mol. The summed E-state index contributed by atoms with van der Waals surface area (Å²) in [5.74, 6) is 1.32. The van der Waals surface area contributed by atoms with Crippen molar-refractivity contribution >= 4 is 15.9 Å². The maximum atomic E-state index is 13.4. The predicted octanol–water partition coefficient (Wildman–Crippen LogP) is 3.61. The molecule has 0 bridgehead atoms. The second-order valence-corrected chi connectivity index (χ2v) is 10.5. The Kier molecular flexibility index (Phi) is 5.82. The monoisotopic (exact) mass is 456 g/mol. The summed E-state index contributed by atoms with van der Waals surface area (Å²) < 4.78 is 39.0. The molecule has 0 unspecified atom stereocenters. The Balaban J connectivity index is 1.40. The van der Waals surface area contributed by atoms with Gasteiger partial charge in [0.05, 0.1) is 24.2 Å². The van der Waals surface area contributed by atoms with Crippen molar-refractivity contribution in [2.24, 2.45) is 0 Å².